The lowest BCUT2D eigenvalue weighted by Gasteiger charge is -2.10. The van der Waals surface area contributed by atoms with Gasteiger partial charge in [0.25, 0.3) is 21.6 Å². The van der Waals surface area contributed by atoms with Crippen molar-refractivity contribution in [3.63, 3.8) is 0 Å². The van der Waals surface area contributed by atoms with E-state index < -0.39 is 20.9 Å². The zero-order valence-corrected chi connectivity index (χ0v) is 16.5. The lowest BCUT2D eigenvalue weighted by atomic mass is 10.2. The van der Waals surface area contributed by atoms with E-state index >= 15 is 0 Å². The fourth-order valence-corrected chi connectivity index (χ4v) is 3.36. The molecule has 0 aliphatic rings. The Balaban J connectivity index is 1.66. The molecule has 0 bridgehead atoms. The van der Waals surface area contributed by atoms with Crippen molar-refractivity contribution < 1.29 is 22.9 Å². The van der Waals surface area contributed by atoms with Crippen LogP contribution in [0.1, 0.15) is 15.9 Å². The highest BCUT2D eigenvalue weighted by Gasteiger charge is 2.20. The second kappa shape index (κ2) is 8.72. The van der Waals surface area contributed by atoms with E-state index in [9.17, 15) is 23.3 Å². The maximum Gasteiger partial charge on any atom is 0.273 e. The topological polar surface area (TPSA) is 128 Å². The fourth-order valence-electron chi connectivity index (χ4n) is 2.50. The van der Waals surface area contributed by atoms with E-state index in [2.05, 4.69) is 5.43 Å². The number of sulfonamides is 1. The number of aryl methyl sites for hydroxylation is 1. The second-order valence-electron chi connectivity index (χ2n) is 6.20. The number of carbonyl (C=O) groups excluding carboxylic acids is 1. The molecule has 0 fully saturated rings. The number of hydrazine groups is 1. The molecule has 0 heterocycles. The maximum absolute atomic E-state index is 12.3. The third kappa shape index (κ3) is 4.99. The molecule has 0 spiro atoms. The van der Waals surface area contributed by atoms with Crippen LogP contribution in [-0.2, 0) is 10.0 Å². The Kier molecular flexibility index (Phi) is 6.09. The van der Waals surface area contributed by atoms with Gasteiger partial charge in [-0.15, -0.1) is 4.83 Å². The summed E-state index contributed by atoms with van der Waals surface area (Å²) in [6, 6.07) is 18.6. The van der Waals surface area contributed by atoms with Crippen LogP contribution in [-0.4, -0.2) is 19.2 Å². The van der Waals surface area contributed by atoms with Gasteiger partial charge in [-0.3, -0.25) is 20.3 Å². The number of nitro groups is 1. The first kappa shape index (κ1) is 21.0. The zero-order chi connectivity index (χ0) is 21.7. The predicted octanol–water partition coefficient (Wildman–Crippen LogP) is 3.32. The fraction of sp³-hybridized carbons (Fsp3) is 0.0500. The molecule has 2 N–H and O–H groups in total. The molecule has 10 heteroatoms. The number of hydrogen-bond acceptors (Lipinski definition) is 6. The largest absolute Gasteiger partial charge is 0.457 e. The quantitative estimate of drug-likeness (QED) is 0.440. The van der Waals surface area contributed by atoms with E-state index in [0.717, 1.165) is 6.07 Å². The molecular formula is C20H17N3O6S. The number of nitrogens with zero attached hydrogens (tertiary/aromatic N) is 1. The standard InChI is InChI=1S/C20H17N3O6S/c1-14-7-12-18(13-19(14)23(25)26)30(27,28)22-21-20(24)15-8-10-17(11-9-15)29-16-5-3-2-4-6-16/h2-13,22H,1H3,(H,21,24). The van der Waals surface area contributed by atoms with Crippen LogP contribution in [0.25, 0.3) is 0 Å². The summed E-state index contributed by atoms with van der Waals surface area (Å²) < 4.78 is 30.3. The van der Waals surface area contributed by atoms with E-state index in [0.29, 0.717) is 17.1 Å². The van der Waals surface area contributed by atoms with Gasteiger partial charge in [-0.1, -0.05) is 24.3 Å². The van der Waals surface area contributed by atoms with Crippen molar-refractivity contribution in [3.8, 4) is 11.5 Å². The number of para-hydroxylation sites is 1. The van der Waals surface area contributed by atoms with E-state index in [1.165, 1.54) is 31.2 Å². The number of benzene rings is 3. The molecule has 0 atom stereocenters. The molecule has 0 unspecified atom stereocenters. The number of nitro benzene ring substituents is 1. The molecule has 30 heavy (non-hydrogen) atoms. The first-order valence-electron chi connectivity index (χ1n) is 8.66. The van der Waals surface area contributed by atoms with E-state index in [1.54, 1.807) is 24.3 Å². The van der Waals surface area contributed by atoms with Crippen LogP contribution in [0, 0.1) is 17.0 Å². The Morgan fingerprint density at radius 3 is 2.23 bits per heavy atom. The van der Waals surface area contributed by atoms with Gasteiger partial charge in [0.05, 0.1) is 9.82 Å². The first-order chi connectivity index (χ1) is 14.3. The summed E-state index contributed by atoms with van der Waals surface area (Å²) in [5.41, 5.74) is 2.26. The van der Waals surface area contributed by atoms with Crippen LogP contribution in [0.3, 0.4) is 0 Å². The van der Waals surface area contributed by atoms with Gasteiger partial charge in [0.2, 0.25) is 0 Å². The molecule has 1 amide bonds. The van der Waals surface area contributed by atoms with Gasteiger partial charge in [-0.2, -0.15) is 0 Å². The normalized spacial score (nSPS) is 11.0. The molecule has 0 radical (unpaired) electrons. The maximum atomic E-state index is 12.3. The van der Waals surface area contributed by atoms with Crippen LogP contribution < -0.4 is 15.0 Å². The average Bonchev–Trinajstić information content (AvgIpc) is 2.73. The second-order valence-corrected chi connectivity index (χ2v) is 7.89. The van der Waals surface area contributed by atoms with Gasteiger partial charge in [0.15, 0.2) is 0 Å². The lowest BCUT2D eigenvalue weighted by molar-refractivity contribution is -0.385. The van der Waals surface area contributed by atoms with Crippen LogP contribution in [0.2, 0.25) is 0 Å². The van der Waals surface area contributed by atoms with E-state index in [4.69, 9.17) is 4.74 Å². The molecule has 154 valence electrons. The highest BCUT2D eigenvalue weighted by molar-refractivity contribution is 7.89. The Morgan fingerprint density at radius 2 is 1.60 bits per heavy atom. The molecule has 3 aromatic rings. The van der Waals surface area contributed by atoms with Gasteiger partial charge in [-0.25, -0.2) is 8.42 Å². The number of rotatable bonds is 7. The Labute approximate surface area is 172 Å². The van der Waals surface area contributed by atoms with Crippen LogP contribution in [0.15, 0.2) is 77.7 Å². The third-order valence-electron chi connectivity index (χ3n) is 4.08. The third-order valence-corrected chi connectivity index (χ3v) is 5.33. The number of amides is 1. The average molecular weight is 427 g/mol. The van der Waals surface area contributed by atoms with Gasteiger partial charge < -0.3 is 4.74 Å². The summed E-state index contributed by atoms with van der Waals surface area (Å²) in [5.74, 6) is 0.436. The van der Waals surface area contributed by atoms with Crippen molar-refractivity contribution >= 4 is 21.6 Å². The molecule has 3 aromatic carbocycles. The summed E-state index contributed by atoms with van der Waals surface area (Å²) in [5, 5.41) is 11.0. The summed E-state index contributed by atoms with van der Waals surface area (Å²) in [7, 11) is -4.20. The molecule has 0 aromatic heterocycles. The minimum Gasteiger partial charge on any atom is -0.457 e. The van der Waals surface area contributed by atoms with Crippen molar-refractivity contribution in [2.45, 2.75) is 11.8 Å². The van der Waals surface area contributed by atoms with E-state index in [1.807, 2.05) is 23.0 Å². The van der Waals surface area contributed by atoms with Gasteiger partial charge in [-0.05, 0) is 49.4 Å². The Hall–Kier alpha value is -3.76. The SMILES string of the molecule is Cc1ccc(S(=O)(=O)NNC(=O)c2ccc(Oc3ccccc3)cc2)cc1[N+](=O)[O-]. The van der Waals surface area contributed by atoms with Gasteiger partial charge >= 0.3 is 0 Å². The predicted molar refractivity (Wildman–Crippen MR) is 109 cm³/mol. The highest BCUT2D eigenvalue weighted by Crippen LogP contribution is 2.22. The molecular weight excluding hydrogens is 410 g/mol. The van der Waals surface area contributed by atoms with Crippen LogP contribution in [0.5, 0.6) is 11.5 Å². The van der Waals surface area contributed by atoms with Crippen LogP contribution in [0.4, 0.5) is 5.69 Å². The minimum atomic E-state index is -4.20. The molecule has 0 aliphatic carbocycles. The molecule has 3 rings (SSSR count). The number of nitrogens with one attached hydrogen (secondary N) is 2. The summed E-state index contributed by atoms with van der Waals surface area (Å²) in [4.78, 5) is 24.2. The van der Waals surface area contributed by atoms with Crippen molar-refractivity contribution in [3.05, 3.63) is 94.0 Å². The van der Waals surface area contributed by atoms with Crippen molar-refractivity contribution in [2.75, 3.05) is 0 Å². The van der Waals surface area contributed by atoms with Crippen LogP contribution >= 0.6 is 0 Å². The zero-order valence-electron chi connectivity index (χ0n) is 15.7. The molecule has 0 saturated carbocycles. The molecule has 0 aliphatic heterocycles. The number of carbonyl (C=O) groups is 1. The monoisotopic (exact) mass is 427 g/mol. The lowest BCUT2D eigenvalue weighted by Crippen LogP contribution is -2.41. The van der Waals surface area contributed by atoms with Gasteiger partial charge in [0, 0.05) is 17.2 Å². The molecule has 9 nitrogen and oxygen atoms in total. The van der Waals surface area contributed by atoms with Crippen molar-refractivity contribution in [1.29, 1.82) is 0 Å². The number of hydrogen-bond donors (Lipinski definition) is 2. The van der Waals surface area contributed by atoms with Crippen molar-refractivity contribution in [2.24, 2.45) is 0 Å². The minimum absolute atomic E-state index is 0.188. The first-order valence-corrected chi connectivity index (χ1v) is 10.1. The van der Waals surface area contributed by atoms with Gasteiger partial charge in [0.1, 0.15) is 11.5 Å². The smallest absolute Gasteiger partial charge is 0.273 e. The Morgan fingerprint density at radius 1 is 0.967 bits per heavy atom. The molecule has 0 saturated heterocycles. The van der Waals surface area contributed by atoms with Crippen molar-refractivity contribution in [1.82, 2.24) is 10.3 Å². The summed E-state index contributed by atoms with van der Waals surface area (Å²) >= 11 is 0. The Bertz CT molecular complexity index is 1180. The summed E-state index contributed by atoms with van der Waals surface area (Å²) in [6.07, 6.45) is 0. The highest BCUT2D eigenvalue weighted by atomic mass is 32.2. The van der Waals surface area contributed by atoms with E-state index in [-0.39, 0.29) is 16.1 Å². The summed E-state index contributed by atoms with van der Waals surface area (Å²) in [6.45, 7) is 1.49. The number of ether oxygens (including phenoxy) is 1.